The Bertz CT molecular complexity index is 991. The van der Waals surface area contributed by atoms with Gasteiger partial charge in [-0.05, 0) is 30.3 Å². The van der Waals surface area contributed by atoms with Crippen molar-refractivity contribution in [3.63, 3.8) is 0 Å². The standard InChI is InChI=1S/C20H15N3O/c24-20(15-9-5-2-6-10-15)21-16-11-12-18-17(13-16)19(23-22-18)14-7-3-1-4-8-14/h1-13H,(H,21,24)(H,22,23). The number of hydrogen-bond donors (Lipinski definition) is 2. The zero-order chi connectivity index (χ0) is 16.4. The van der Waals surface area contributed by atoms with Gasteiger partial charge in [0.15, 0.2) is 0 Å². The van der Waals surface area contributed by atoms with Crippen molar-refractivity contribution < 1.29 is 4.79 Å². The minimum atomic E-state index is -0.125. The predicted octanol–water partition coefficient (Wildman–Crippen LogP) is 4.48. The predicted molar refractivity (Wildman–Crippen MR) is 95.9 cm³/mol. The van der Waals surface area contributed by atoms with Crippen LogP contribution >= 0.6 is 0 Å². The lowest BCUT2D eigenvalue weighted by Crippen LogP contribution is -2.11. The van der Waals surface area contributed by atoms with Gasteiger partial charge in [-0.15, -0.1) is 0 Å². The van der Waals surface area contributed by atoms with E-state index in [2.05, 4.69) is 15.5 Å². The molecule has 0 saturated carbocycles. The molecule has 24 heavy (non-hydrogen) atoms. The molecular formula is C20H15N3O. The first-order valence-corrected chi connectivity index (χ1v) is 7.71. The Balaban J connectivity index is 1.69. The summed E-state index contributed by atoms with van der Waals surface area (Å²) in [5.74, 6) is -0.125. The largest absolute Gasteiger partial charge is 0.322 e. The summed E-state index contributed by atoms with van der Waals surface area (Å²) in [5, 5.41) is 11.4. The Hall–Kier alpha value is -3.40. The molecule has 0 radical (unpaired) electrons. The van der Waals surface area contributed by atoms with Gasteiger partial charge in [0.25, 0.3) is 5.91 Å². The number of amides is 1. The monoisotopic (exact) mass is 313 g/mol. The average Bonchev–Trinajstić information content (AvgIpc) is 3.06. The molecule has 3 aromatic carbocycles. The number of H-pyrrole nitrogens is 1. The van der Waals surface area contributed by atoms with Gasteiger partial charge in [0.1, 0.15) is 0 Å². The van der Waals surface area contributed by atoms with E-state index < -0.39 is 0 Å². The van der Waals surface area contributed by atoms with Gasteiger partial charge in [0.05, 0.1) is 11.2 Å². The summed E-state index contributed by atoms with van der Waals surface area (Å²) in [5.41, 5.74) is 4.23. The van der Waals surface area contributed by atoms with Crippen molar-refractivity contribution in [2.75, 3.05) is 5.32 Å². The maximum absolute atomic E-state index is 12.3. The van der Waals surface area contributed by atoms with E-state index in [9.17, 15) is 4.79 Å². The Kier molecular flexibility index (Phi) is 3.56. The van der Waals surface area contributed by atoms with E-state index in [1.165, 1.54) is 0 Å². The number of anilines is 1. The van der Waals surface area contributed by atoms with Crippen molar-refractivity contribution in [2.24, 2.45) is 0 Å². The molecule has 0 aliphatic carbocycles. The van der Waals surface area contributed by atoms with Crippen molar-refractivity contribution in [1.82, 2.24) is 10.2 Å². The van der Waals surface area contributed by atoms with E-state index in [1.54, 1.807) is 12.1 Å². The van der Waals surface area contributed by atoms with E-state index in [4.69, 9.17) is 0 Å². The first-order chi connectivity index (χ1) is 11.8. The van der Waals surface area contributed by atoms with Crippen molar-refractivity contribution >= 4 is 22.5 Å². The molecule has 0 unspecified atom stereocenters. The van der Waals surface area contributed by atoms with Crippen LogP contribution in [-0.2, 0) is 0 Å². The third-order valence-electron chi connectivity index (χ3n) is 3.90. The normalized spacial score (nSPS) is 10.7. The van der Waals surface area contributed by atoms with Gasteiger partial charge in [-0.3, -0.25) is 9.89 Å². The molecule has 1 aromatic heterocycles. The van der Waals surface area contributed by atoms with Crippen LogP contribution in [0.5, 0.6) is 0 Å². The summed E-state index contributed by atoms with van der Waals surface area (Å²) in [7, 11) is 0. The summed E-state index contributed by atoms with van der Waals surface area (Å²) in [6.45, 7) is 0. The summed E-state index contributed by atoms with van der Waals surface area (Å²) in [4.78, 5) is 12.3. The van der Waals surface area contributed by atoms with Crippen molar-refractivity contribution in [3.05, 3.63) is 84.4 Å². The molecule has 2 N–H and O–H groups in total. The van der Waals surface area contributed by atoms with Gasteiger partial charge in [-0.1, -0.05) is 48.5 Å². The maximum Gasteiger partial charge on any atom is 0.255 e. The lowest BCUT2D eigenvalue weighted by atomic mass is 10.1. The Morgan fingerprint density at radius 3 is 2.33 bits per heavy atom. The minimum absolute atomic E-state index is 0.125. The Morgan fingerprint density at radius 1 is 0.875 bits per heavy atom. The second-order valence-corrected chi connectivity index (χ2v) is 5.52. The number of fused-ring (bicyclic) bond motifs is 1. The topological polar surface area (TPSA) is 57.8 Å². The first-order valence-electron chi connectivity index (χ1n) is 7.71. The van der Waals surface area contributed by atoms with Crippen LogP contribution in [0.15, 0.2) is 78.9 Å². The van der Waals surface area contributed by atoms with Gasteiger partial charge in [-0.25, -0.2) is 0 Å². The molecule has 4 heteroatoms. The van der Waals surface area contributed by atoms with Crippen molar-refractivity contribution in [1.29, 1.82) is 0 Å². The van der Waals surface area contributed by atoms with Crippen LogP contribution in [0.3, 0.4) is 0 Å². The number of aromatic amines is 1. The number of hydrogen-bond acceptors (Lipinski definition) is 2. The molecule has 4 aromatic rings. The van der Waals surface area contributed by atoms with Crippen LogP contribution in [-0.4, -0.2) is 16.1 Å². The molecule has 0 fully saturated rings. The van der Waals surface area contributed by atoms with Crippen molar-refractivity contribution in [3.8, 4) is 11.3 Å². The van der Waals surface area contributed by atoms with E-state index in [1.807, 2.05) is 66.7 Å². The number of carbonyl (C=O) groups is 1. The zero-order valence-corrected chi connectivity index (χ0v) is 12.9. The number of benzene rings is 3. The third kappa shape index (κ3) is 2.65. The molecule has 4 rings (SSSR count). The summed E-state index contributed by atoms with van der Waals surface area (Å²) in [6.07, 6.45) is 0. The maximum atomic E-state index is 12.3. The third-order valence-corrected chi connectivity index (χ3v) is 3.90. The SMILES string of the molecule is O=C(Nc1ccc2[nH]nc(-c3ccccc3)c2c1)c1ccccc1. The van der Waals surface area contributed by atoms with Crippen LogP contribution in [0.25, 0.3) is 22.2 Å². The molecular weight excluding hydrogens is 298 g/mol. The molecule has 0 aliphatic rings. The molecule has 0 aliphatic heterocycles. The first kappa shape index (κ1) is 14.2. The van der Waals surface area contributed by atoms with Crippen molar-refractivity contribution in [2.45, 2.75) is 0 Å². The molecule has 116 valence electrons. The van der Waals surface area contributed by atoms with Gasteiger partial charge < -0.3 is 5.32 Å². The Morgan fingerprint density at radius 2 is 1.58 bits per heavy atom. The fourth-order valence-electron chi connectivity index (χ4n) is 2.70. The number of carbonyl (C=O) groups excluding carboxylic acids is 1. The van der Waals surface area contributed by atoms with Crippen LogP contribution in [0.4, 0.5) is 5.69 Å². The highest BCUT2D eigenvalue weighted by Crippen LogP contribution is 2.28. The smallest absolute Gasteiger partial charge is 0.255 e. The van der Waals surface area contributed by atoms with E-state index in [0.29, 0.717) is 5.56 Å². The molecule has 0 saturated heterocycles. The molecule has 0 spiro atoms. The second-order valence-electron chi connectivity index (χ2n) is 5.52. The summed E-state index contributed by atoms with van der Waals surface area (Å²) >= 11 is 0. The number of aromatic nitrogens is 2. The quantitative estimate of drug-likeness (QED) is 0.586. The fourth-order valence-corrected chi connectivity index (χ4v) is 2.70. The number of nitrogens with zero attached hydrogens (tertiary/aromatic N) is 1. The van der Waals surface area contributed by atoms with Crippen LogP contribution in [0.1, 0.15) is 10.4 Å². The number of nitrogens with one attached hydrogen (secondary N) is 2. The fraction of sp³-hybridized carbons (Fsp3) is 0. The average molecular weight is 313 g/mol. The van der Waals surface area contributed by atoms with E-state index in [-0.39, 0.29) is 5.91 Å². The van der Waals surface area contributed by atoms with E-state index in [0.717, 1.165) is 27.8 Å². The summed E-state index contributed by atoms with van der Waals surface area (Å²) < 4.78 is 0. The van der Waals surface area contributed by atoms with Gasteiger partial charge >= 0.3 is 0 Å². The molecule has 1 heterocycles. The Labute approximate surface area is 139 Å². The van der Waals surface area contributed by atoms with E-state index >= 15 is 0 Å². The van der Waals surface area contributed by atoms with Crippen LogP contribution in [0.2, 0.25) is 0 Å². The van der Waals surface area contributed by atoms with Gasteiger partial charge in [-0.2, -0.15) is 5.10 Å². The zero-order valence-electron chi connectivity index (χ0n) is 12.9. The highest BCUT2D eigenvalue weighted by Gasteiger charge is 2.10. The molecule has 4 nitrogen and oxygen atoms in total. The highest BCUT2D eigenvalue weighted by atomic mass is 16.1. The lowest BCUT2D eigenvalue weighted by Gasteiger charge is -2.06. The highest BCUT2D eigenvalue weighted by molar-refractivity contribution is 6.05. The summed E-state index contributed by atoms with van der Waals surface area (Å²) in [6, 6.07) is 24.9. The molecule has 0 bridgehead atoms. The van der Waals surface area contributed by atoms with Crippen LogP contribution < -0.4 is 5.32 Å². The second kappa shape index (κ2) is 6.01. The molecule has 1 amide bonds. The minimum Gasteiger partial charge on any atom is -0.322 e. The van der Waals surface area contributed by atoms with Gasteiger partial charge in [0.2, 0.25) is 0 Å². The molecule has 0 atom stereocenters. The van der Waals surface area contributed by atoms with Gasteiger partial charge in [0, 0.05) is 22.2 Å². The lowest BCUT2D eigenvalue weighted by molar-refractivity contribution is 0.102. The number of rotatable bonds is 3. The van der Waals surface area contributed by atoms with Crippen LogP contribution in [0, 0.1) is 0 Å².